The maximum Gasteiger partial charge on any atom is 0.307 e. The smallest absolute Gasteiger partial charge is 0.307 e. The molecule has 32 heavy (non-hydrogen) atoms. The number of rotatable bonds is 8. The van der Waals surface area contributed by atoms with Crippen LogP contribution in [0, 0.1) is 11.8 Å². The molecule has 2 radical (unpaired) electrons. The molecule has 2 amide bonds. The lowest BCUT2D eigenvalue weighted by molar-refractivity contribution is -0.140. The molecule has 1 atom stereocenters. The number of carbonyl (C=O) groups excluding carboxylic acids is 3. The summed E-state index contributed by atoms with van der Waals surface area (Å²) in [4.78, 5) is 38.1. The van der Waals surface area contributed by atoms with Crippen molar-refractivity contribution in [2.45, 2.75) is 64.0 Å². The lowest BCUT2D eigenvalue weighted by Crippen LogP contribution is -2.55. The van der Waals surface area contributed by atoms with Crippen molar-refractivity contribution in [3.05, 3.63) is 35.4 Å². The Balaban J connectivity index is 1.56. The highest BCUT2D eigenvalue weighted by atomic mass is 16.5. The molecule has 1 aromatic carbocycles. The number of methoxy groups -OCH3 is 1. The summed E-state index contributed by atoms with van der Waals surface area (Å²) < 4.78 is 4.56. The maximum absolute atomic E-state index is 12.8. The summed E-state index contributed by atoms with van der Waals surface area (Å²) in [6.07, 6.45) is 4.89. The molecule has 1 aliphatic heterocycles. The van der Waals surface area contributed by atoms with Crippen molar-refractivity contribution in [3.8, 4) is 0 Å². The minimum absolute atomic E-state index is 0.0328. The van der Waals surface area contributed by atoms with E-state index in [4.69, 9.17) is 7.85 Å². The first-order chi connectivity index (χ1) is 15.3. The van der Waals surface area contributed by atoms with E-state index >= 15 is 0 Å². The second-order valence-electron chi connectivity index (χ2n) is 9.25. The summed E-state index contributed by atoms with van der Waals surface area (Å²) in [5.74, 6) is 0.0922. The second kappa shape index (κ2) is 10.5. The van der Waals surface area contributed by atoms with E-state index in [9.17, 15) is 14.4 Å². The Morgan fingerprint density at radius 1 is 1.25 bits per heavy atom. The molecule has 3 rings (SSSR count). The highest BCUT2D eigenvalue weighted by molar-refractivity contribution is 6.24. The largest absolute Gasteiger partial charge is 0.469 e. The number of ether oxygens (including phenoxy) is 1. The number of benzene rings is 1. The van der Waals surface area contributed by atoms with E-state index in [1.165, 1.54) is 7.11 Å². The summed E-state index contributed by atoms with van der Waals surface area (Å²) in [6, 6.07) is 7.35. The van der Waals surface area contributed by atoms with Gasteiger partial charge in [-0.15, -0.1) is 0 Å². The van der Waals surface area contributed by atoms with E-state index in [0.29, 0.717) is 30.4 Å². The molecule has 1 heterocycles. The lowest BCUT2D eigenvalue weighted by Gasteiger charge is -2.44. The molecule has 7 nitrogen and oxygen atoms in total. The summed E-state index contributed by atoms with van der Waals surface area (Å²) >= 11 is 0. The molecule has 1 saturated carbocycles. The Bertz CT molecular complexity index is 819. The average molecular weight is 439 g/mol. The third-order valence-corrected chi connectivity index (χ3v) is 6.96. The Morgan fingerprint density at radius 2 is 1.91 bits per heavy atom. The molecule has 2 fully saturated rings. The summed E-state index contributed by atoms with van der Waals surface area (Å²) in [5, 5.41) is 6.10. The molecule has 1 unspecified atom stereocenters. The maximum atomic E-state index is 12.8. The van der Waals surface area contributed by atoms with E-state index < -0.39 is 5.94 Å². The number of amides is 2. The molecule has 1 spiro atoms. The molecule has 2 N–H and O–H groups in total. The highest BCUT2D eigenvalue weighted by Crippen LogP contribution is 2.40. The van der Waals surface area contributed by atoms with Gasteiger partial charge in [0.15, 0.2) is 0 Å². The Hall–Kier alpha value is -2.35. The van der Waals surface area contributed by atoms with Crippen LogP contribution in [0.15, 0.2) is 24.3 Å². The molecular weight excluding hydrogens is 405 g/mol. The first kappa shape index (κ1) is 24.3. The van der Waals surface area contributed by atoms with Gasteiger partial charge in [0.2, 0.25) is 5.91 Å². The van der Waals surface area contributed by atoms with Crippen LogP contribution in [0.2, 0.25) is 0 Å². The van der Waals surface area contributed by atoms with Gasteiger partial charge in [0, 0.05) is 24.6 Å². The fraction of sp³-hybridized carbons (Fsp3) is 0.625. The van der Waals surface area contributed by atoms with Crippen LogP contribution in [0.1, 0.15) is 61.9 Å². The van der Waals surface area contributed by atoms with Gasteiger partial charge in [-0.1, -0.05) is 26.0 Å². The van der Waals surface area contributed by atoms with E-state index in [-0.39, 0.29) is 36.4 Å². The van der Waals surface area contributed by atoms with Crippen molar-refractivity contribution >= 4 is 25.6 Å². The van der Waals surface area contributed by atoms with Gasteiger partial charge in [0.25, 0.3) is 5.91 Å². The molecule has 172 valence electrons. The fourth-order valence-electron chi connectivity index (χ4n) is 4.88. The van der Waals surface area contributed by atoms with Gasteiger partial charge in [-0.05, 0) is 61.6 Å². The molecule has 0 bridgehead atoms. The summed E-state index contributed by atoms with van der Waals surface area (Å²) in [7, 11) is 7.40. The van der Waals surface area contributed by atoms with Crippen molar-refractivity contribution in [3.63, 3.8) is 0 Å². The second-order valence-corrected chi connectivity index (χ2v) is 9.25. The van der Waals surface area contributed by atoms with Crippen LogP contribution in [0.3, 0.4) is 0 Å². The zero-order valence-corrected chi connectivity index (χ0v) is 19.4. The third kappa shape index (κ3) is 5.52. The third-order valence-electron chi connectivity index (χ3n) is 6.96. The molecule has 1 aromatic rings. The van der Waals surface area contributed by atoms with Crippen LogP contribution >= 0.6 is 0 Å². The monoisotopic (exact) mass is 439 g/mol. The number of carbonyl (C=O) groups is 3. The van der Waals surface area contributed by atoms with Crippen molar-refractivity contribution in [2.75, 3.05) is 20.2 Å². The van der Waals surface area contributed by atoms with Crippen molar-refractivity contribution in [1.29, 1.82) is 0 Å². The fourth-order valence-corrected chi connectivity index (χ4v) is 4.88. The molecule has 8 heteroatoms. The van der Waals surface area contributed by atoms with E-state index in [0.717, 1.165) is 31.2 Å². The first-order valence-electron chi connectivity index (χ1n) is 11.5. The van der Waals surface area contributed by atoms with Crippen LogP contribution in [0.4, 0.5) is 0 Å². The van der Waals surface area contributed by atoms with Gasteiger partial charge in [-0.3, -0.25) is 19.7 Å². The van der Waals surface area contributed by atoms with Crippen LogP contribution in [0.5, 0.6) is 0 Å². The van der Waals surface area contributed by atoms with E-state index in [1.54, 1.807) is 12.1 Å². The number of hydrogen-bond donors (Lipinski definition) is 2. The molecule has 1 aliphatic carbocycles. The Labute approximate surface area is 192 Å². The van der Waals surface area contributed by atoms with Crippen molar-refractivity contribution in [2.24, 2.45) is 11.8 Å². The predicted octanol–water partition coefficient (Wildman–Crippen LogP) is 1.99. The predicted molar refractivity (Wildman–Crippen MR) is 123 cm³/mol. The van der Waals surface area contributed by atoms with Crippen LogP contribution in [0.25, 0.3) is 0 Å². The average Bonchev–Trinajstić information content (AvgIpc) is 3.01. The van der Waals surface area contributed by atoms with Gasteiger partial charge in [-0.2, -0.15) is 0 Å². The number of nitrogens with one attached hydrogen (secondary N) is 2. The van der Waals surface area contributed by atoms with E-state index in [2.05, 4.69) is 29.2 Å². The minimum atomic E-state index is -0.637. The summed E-state index contributed by atoms with van der Waals surface area (Å²) in [5.41, 5.74) is 1.25. The molecule has 2 aliphatic rings. The quantitative estimate of drug-likeness (QED) is 0.478. The molecule has 0 aromatic heterocycles. The number of esters is 1. The summed E-state index contributed by atoms with van der Waals surface area (Å²) in [6.45, 7) is 5.36. The van der Waals surface area contributed by atoms with Crippen molar-refractivity contribution < 1.29 is 19.1 Å². The van der Waals surface area contributed by atoms with Gasteiger partial charge in [-0.25, -0.2) is 0 Å². The minimum Gasteiger partial charge on any atom is -0.469 e. The normalized spacial score (nSPS) is 25.4. The number of hydrogen-bond acceptors (Lipinski definition) is 5. The van der Waals surface area contributed by atoms with Gasteiger partial charge in [0.1, 0.15) is 7.85 Å². The molecular formula is C24H34BN3O4. The Morgan fingerprint density at radius 3 is 2.50 bits per heavy atom. The molecule has 1 saturated heterocycles. The van der Waals surface area contributed by atoms with Crippen LogP contribution < -0.4 is 10.6 Å². The van der Waals surface area contributed by atoms with Gasteiger partial charge < -0.3 is 15.0 Å². The zero-order chi connectivity index (χ0) is 23.3. The van der Waals surface area contributed by atoms with Gasteiger partial charge >= 0.3 is 5.97 Å². The SMILES string of the molecule is [B]C1NC2(CCC(C(C)C)CC2)N(CCc2ccc(C(=O)NCCC(=O)OC)cc2)C1=O. The standard InChI is InChI=1S/C24H34BN3O4/c1-16(2)18-8-12-24(13-9-18)27-21(25)23(31)28(24)15-11-17-4-6-19(7-5-17)22(30)26-14-10-20(29)32-3/h4-7,16,18,21,27H,8-15H2,1-3H3,(H,26,30). The van der Waals surface area contributed by atoms with Crippen molar-refractivity contribution in [1.82, 2.24) is 15.5 Å². The zero-order valence-electron chi connectivity index (χ0n) is 19.4. The number of nitrogens with zero attached hydrogens (tertiary/aromatic N) is 1. The highest BCUT2D eigenvalue weighted by Gasteiger charge is 2.49. The van der Waals surface area contributed by atoms with Gasteiger partial charge in [0.05, 0.1) is 19.2 Å². The first-order valence-corrected chi connectivity index (χ1v) is 11.5. The van der Waals surface area contributed by atoms with E-state index in [1.807, 2.05) is 17.0 Å². The van der Waals surface area contributed by atoms with Crippen LogP contribution in [-0.2, 0) is 20.7 Å². The topological polar surface area (TPSA) is 87.7 Å². The Kier molecular flexibility index (Phi) is 7.98. The lowest BCUT2D eigenvalue weighted by atomic mass is 9.76. The van der Waals surface area contributed by atoms with Crippen LogP contribution in [-0.4, -0.2) is 62.3 Å².